The van der Waals surface area contributed by atoms with Crippen molar-refractivity contribution in [3.05, 3.63) is 49.2 Å². The molecule has 6 nitrogen and oxygen atoms in total. The number of carbonyl (C=O) groups excluding carboxylic acids is 1. The lowest BCUT2D eigenvalue weighted by Crippen LogP contribution is -2.10. The summed E-state index contributed by atoms with van der Waals surface area (Å²) in [7, 11) is 0. The Morgan fingerprint density at radius 3 is 2.75 bits per heavy atom. The molecular formula is C12H9ClN2O4S. The lowest BCUT2D eigenvalue weighted by Gasteiger charge is -2.06. The van der Waals surface area contributed by atoms with Crippen LogP contribution in [-0.4, -0.2) is 15.9 Å². The Bertz CT molecular complexity index is 699. The lowest BCUT2D eigenvalue weighted by atomic mass is 10.2. The third-order valence-corrected chi connectivity index (χ3v) is 3.83. The predicted octanol–water partition coefficient (Wildman–Crippen LogP) is 3.58. The molecule has 1 amide bonds. The van der Waals surface area contributed by atoms with Gasteiger partial charge in [-0.05, 0) is 24.6 Å². The number of hydrogen-bond acceptors (Lipinski definition) is 5. The van der Waals surface area contributed by atoms with Gasteiger partial charge < -0.3 is 10.4 Å². The molecule has 104 valence electrons. The van der Waals surface area contributed by atoms with Crippen molar-refractivity contribution in [2.75, 3.05) is 5.32 Å². The fourth-order valence-electron chi connectivity index (χ4n) is 1.53. The number of nitrogens with one attached hydrogen (secondary N) is 1. The van der Waals surface area contributed by atoms with E-state index in [0.717, 1.165) is 23.0 Å². The van der Waals surface area contributed by atoms with Crippen LogP contribution in [0.1, 0.15) is 15.2 Å². The average Bonchev–Trinajstić information content (AvgIpc) is 2.76. The van der Waals surface area contributed by atoms with E-state index >= 15 is 0 Å². The minimum absolute atomic E-state index is 0.0615. The monoisotopic (exact) mass is 312 g/mol. The van der Waals surface area contributed by atoms with Gasteiger partial charge in [0.1, 0.15) is 10.6 Å². The van der Waals surface area contributed by atoms with E-state index in [2.05, 4.69) is 5.32 Å². The normalized spacial score (nSPS) is 10.3. The smallest absolute Gasteiger partial charge is 0.299 e. The van der Waals surface area contributed by atoms with Crippen molar-refractivity contribution in [2.24, 2.45) is 0 Å². The summed E-state index contributed by atoms with van der Waals surface area (Å²) in [6.07, 6.45) is 0. The summed E-state index contributed by atoms with van der Waals surface area (Å²) in [6.45, 7) is 1.81. The second-order valence-electron chi connectivity index (χ2n) is 4.00. The molecule has 0 spiro atoms. The number of amides is 1. The Kier molecular flexibility index (Phi) is 3.91. The number of thiophene rings is 1. The van der Waals surface area contributed by atoms with Crippen LogP contribution < -0.4 is 5.32 Å². The Morgan fingerprint density at radius 1 is 1.45 bits per heavy atom. The molecule has 2 N–H and O–H groups in total. The van der Waals surface area contributed by atoms with Gasteiger partial charge in [-0.3, -0.25) is 14.9 Å². The van der Waals surface area contributed by atoms with Crippen LogP contribution in [0.15, 0.2) is 24.3 Å². The second kappa shape index (κ2) is 5.48. The van der Waals surface area contributed by atoms with Crippen molar-refractivity contribution >= 4 is 40.2 Å². The molecule has 0 aliphatic heterocycles. The van der Waals surface area contributed by atoms with Crippen LogP contribution in [0.5, 0.6) is 5.75 Å². The Morgan fingerprint density at radius 2 is 2.15 bits per heavy atom. The van der Waals surface area contributed by atoms with Crippen molar-refractivity contribution in [3.8, 4) is 5.75 Å². The zero-order chi connectivity index (χ0) is 14.9. The third-order valence-electron chi connectivity index (χ3n) is 2.49. The van der Waals surface area contributed by atoms with E-state index in [1.165, 1.54) is 6.07 Å². The van der Waals surface area contributed by atoms with Gasteiger partial charge in [-0.25, -0.2) is 0 Å². The summed E-state index contributed by atoms with van der Waals surface area (Å²) >= 11 is 6.50. The number of nitro groups is 1. The van der Waals surface area contributed by atoms with Crippen LogP contribution in [0.4, 0.5) is 11.4 Å². The molecule has 0 bridgehead atoms. The molecule has 1 aromatic carbocycles. The largest absolute Gasteiger partial charge is 0.506 e. The van der Waals surface area contributed by atoms with Crippen molar-refractivity contribution in [2.45, 2.75) is 6.92 Å². The molecule has 1 heterocycles. The molecule has 0 saturated heterocycles. The number of phenols is 1. The molecule has 2 rings (SSSR count). The van der Waals surface area contributed by atoms with Crippen LogP contribution >= 0.6 is 22.9 Å². The predicted molar refractivity (Wildman–Crippen MR) is 76.8 cm³/mol. The number of anilines is 1. The highest BCUT2D eigenvalue weighted by atomic mass is 35.5. The van der Waals surface area contributed by atoms with Gasteiger partial charge in [0, 0.05) is 6.07 Å². The van der Waals surface area contributed by atoms with Gasteiger partial charge >= 0.3 is 0 Å². The average molecular weight is 313 g/mol. The van der Waals surface area contributed by atoms with Crippen LogP contribution in [-0.2, 0) is 0 Å². The van der Waals surface area contributed by atoms with Crippen LogP contribution in [0.3, 0.4) is 0 Å². The highest BCUT2D eigenvalue weighted by molar-refractivity contribution is 7.18. The summed E-state index contributed by atoms with van der Waals surface area (Å²) in [6, 6.07) is 5.85. The molecule has 0 unspecified atom stereocenters. The van der Waals surface area contributed by atoms with Crippen molar-refractivity contribution in [1.29, 1.82) is 0 Å². The summed E-state index contributed by atoms with van der Waals surface area (Å²) in [5.41, 5.74) is 0.783. The molecule has 20 heavy (non-hydrogen) atoms. The number of aromatic hydroxyl groups is 1. The minimum atomic E-state index is -0.653. The highest BCUT2D eigenvalue weighted by Gasteiger charge is 2.21. The third kappa shape index (κ3) is 2.89. The van der Waals surface area contributed by atoms with Crippen LogP contribution in [0, 0.1) is 17.0 Å². The molecular weight excluding hydrogens is 304 g/mol. The van der Waals surface area contributed by atoms with Gasteiger partial charge in [0.2, 0.25) is 0 Å². The maximum atomic E-state index is 12.0. The molecule has 0 saturated carbocycles. The Balaban J connectivity index is 2.26. The zero-order valence-corrected chi connectivity index (χ0v) is 11.8. The van der Waals surface area contributed by atoms with E-state index in [1.807, 2.05) is 6.92 Å². The number of rotatable bonds is 3. The van der Waals surface area contributed by atoms with Gasteiger partial charge in [0.05, 0.1) is 10.6 Å². The Hall–Kier alpha value is -2.12. The van der Waals surface area contributed by atoms with Crippen molar-refractivity contribution in [3.63, 3.8) is 0 Å². The standard InChI is InChI=1S/C12H9ClN2O4S/c1-6-2-3-9(16)7(4-6)14-12(17)10-5-8(15(18)19)11(13)20-10/h2-5,16H,1H3,(H,14,17). The topological polar surface area (TPSA) is 92.5 Å². The van der Waals surface area contributed by atoms with Crippen molar-refractivity contribution < 1.29 is 14.8 Å². The number of halogens is 1. The SMILES string of the molecule is Cc1ccc(O)c(NC(=O)c2cc([N+](=O)[O-])c(Cl)s2)c1. The summed E-state index contributed by atoms with van der Waals surface area (Å²) in [5.74, 6) is -0.646. The quantitative estimate of drug-likeness (QED) is 0.514. The first-order valence-corrected chi connectivity index (χ1v) is 6.62. The number of benzene rings is 1. The molecule has 2 aromatic rings. The van der Waals surface area contributed by atoms with Gasteiger partial charge in [-0.1, -0.05) is 17.7 Å². The number of nitrogens with zero attached hydrogens (tertiary/aromatic N) is 1. The van der Waals surface area contributed by atoms with Gasteiger partial charge in [-0.15, -0.1) is 11.3 Å². The summed E-state index contributed by atoms with van der Waals surface area (Å²) < 4.78 is -0.0615. The fraction of sp³-hybridized carbons (Fsp3) is 0.0833. The number of carbonyl (C=O) groups is 1. The molecule has 0 fully saturated rings. The van der Waals surface area contributed by atoms with Gasteiger partial charge in [-0.2, -0.15) is 0 Å². The minimum Gasteiger partial charge on any atom is -0.506 e. The van der Waals surface area contributed by atoms with Gasteiger partial charge in [0.15, 0.2) is 4.34 Å². The van der Waals surface area contributed by atoms with E-state index in [9.17, 15) is 20.0 Å². The molecule has 0 aliphatic carbocycles. The molecule has 0 aliphatic rings. The van der Waals surface area contributed by atoms with E-state index in [1.54, 1.807) is 12.1 Å². The lowest BCUT2D eigenvalue weighted by molar-refractivity contribution is -0.384. The maximum Gasteiger partial charge on any atom is 0.299 e. The Labute approximate surface area is 122 Å². The highest BCUT2D eigenvalue weighted by Crippen LogP contribution is 2.34. The molecule has 0 atom stereocenters. The molecule has 0 radical (unpaired) electrons. The van der Waals surface area contributed by atoms with Crippen molar-refractivity contribution in [1.82, 2.24) is 0 Å². The zero-order valence-electron chi connectivity index (χ0n) is 10.2. The summed E-state index contributed by atoms with van der Waals surface area (Å²) in [5, 5.41) is 22.8. The summed E-state index contributed by atoms with van der Waals surface area (Å²) in [4.78, 5) is 22.1. The maximum absolute atomic E-state index is 12.0. The first-order valence-electron chi connectivity index (χ1n) is 5.43. The van der Waals surface area contributed by atoms with E-state index in [-0.39, 0.29) is 26.3 Å². The van der Waals surface area contributed by atoms with E-state index < -0.39 is 10.8 Å². The second-order valence-corrected chi connectivity index (χ2v) is 5.66. The molecule has 8 heteroatoms. The van der Waals surface area contributed by atoms with E-state index in [4.69, 9.17) is 11.6 Å². The number of aryl methyl sites for hydroxylation is 1. The van der Waals surface area contributed by atoms with Gasteiger partial charge in [0.25, 0.3) is 11.6 Å². The molecule has 1 aromatic heterocycles. The first-order chi connectivity index (χ1) is 9.38. The number of phenolic OH excluding ortho intramolecular Hbond substituents is 1. The van der Waals surface area contributed by atoms with E-state index in [0.29, 0.717) is 0 Å². The fourth-order valence-corrected chi connectivity index (χ4v) is 2.65. The van der Waals surface area contributed by atoms with Crippen LogP contribution in [0.2, 0.25) is 4.34 Å². The first kappa shape index (κ1) is 14.3. The van der Waals surface area contributed by atoms with Crippen LogP contribution in [0.25, 0.3) is 0 Å². The number of hydrogen-bond donors (Lipinski definition) is 2.